The molecule has 0 bridgehead atoms. The number of aromatic nitrogens is 1. The number of aliphatic hydroxyl groups excluding tert-OH is 3. The van der Waals surface area contributed by atoms with Gasteiger partial charge < -0.3 is 15.3 Å². The van der Waals surface area contributed by atoms with Crippen LogP contribution in [0.5, 0.6) is 0 Å². The van der Waals surface area contributed by atoms with E-state index in [0.29, 0.717) is 5.56 Å². The third kappa shape index (κ3) is 3.39. The van der Waals surface area contributed by atoms with Gasteiger partial charge in [-0.3, -0.25) is 9.78 Å². The number of ketones is 1. The summed E-state index contributed by atoms with van der Waals surface area (Å²) in [5.74, 6) is -0.317. The summed E-state index contributed by atoms with van der Waals surface area (Å²) in [6, 6.07) is 3.19. The van der Waals surface area contributed by atoms with Crippen molar-refractivity contribution in [2.45, 2.75) is 18.6 Å². The number of hydrogen-bond acceptors (Lipinski definition) is 5. The molecule has 5 heteroatoms. The topological polar surface area (TPSA) is 90.7 Å². The van der Waals surface area contributed by atoms with Crippen LogP contribution in [0.2, 0.25) is 0 Å². The van der Waals surface area contributed by atoms with Crippen LogP contribution in [0.4, 0.5) is 0 Å². The van der Waals surface area contributed by atoms with Gasteiger partial charge in [0.25, 0.3) is 0 Å². The molecule has 0 aromatic carbocycles. The van der Waals surface area contributed by atoms with Crippen LogP contribution in [0.1, 0.15) is 16.8 Å². The van der Waals surface area contributed by atoms with Gasteiger partial charge in [-0.2, -0.15) is 0 Å². The Morgan fingerprint density at radius 1 is 1.40 bits per heavy atom. The van der Waals surface area contributed by atoms with Crippen molar-refractivity contribution in [1.82, 2.24) is 4.98 Å². The first kappa shape index (κ1) is 11.8. The molecule has 0 fully saturated rings. The number of carbonyl (C=O) groups excluding carboxylic acids is 1. The molecule has 1 rings (SSSR count). The molecule has 0 amide bonds. The summed E-state index contributed by atoms with van der Waals surface area (Å²) in [5, 5.41) is 26.9. The second-order valence-electron chi connectivity index (χ2n) is 3.19. The van der Waals surface area contributed by atoms with Gasteiger partial charge in [0.2, 0.25) is 0 Å². The molecule has 0 aliphatic heterocycles. The second-order valence-corrected chi connectivity index (χ2v) is 3.19. The average Bonchev–Trinajstić information content (AvgIpc) is 2.29. The van der Waals surface area contributed by atoms with Crippen molar-refractivity contribution in [2.24, 2.45) is 0 Å². The SMILES string of the molecule is O=C(C[C@H](O)[C@H](O)CO)c1cccnc1. The number of carbonyl (C=O) groups is 1. The molecule has 1 aromatic heterocycles. The van der Waals surface area contributed by atoms with Crippen molar-refractivity contribution in [1.29, 1.82) is 0 Å². The van der Waals surface area contributed by atoms with Gasteiger partial charge in [-0.1, -0.05) is 0 Å². The van der Waals surface area contributed by atoms with Crippen molar-refractivity contribution in [3.05, 3.63) is 30.1 Å². The molecule has 0 aliphatic rings. The number of nitrogens with zero attached hydrogens (tertiary/aromatic N) is 1. The monoisotopic (exact) mass is 211 g/mol. The lowest BCUT2D eigenvalue weighted by Gasteiger charge is -2.14. The minimum absolute atomic E-state index is 0.229. The van der Waals surface area contributed by atoms with Gasteiger partial charge >= 0.3 is 0 Å². The van der Waals surface area contributed by atoms with Gasteiger partial charge in [-0.05, 0) is 12.1 Å². The number of aliphatic hydroxyl groups is 3. The number of rotatable bonds is 5. The summed E-state index contributed by atoms with van der Waals surface area (Å²) in [4.78, 5) is 15.2. The van der Waals surface area contributed by atoms with Crippen molar-refractivity contribution >= 4 is 5.78 Å². The predicted molar refractivity (Wildman–Crippen MR) is 52.3 cm³/mol. The van der Waals surface area contributed by atoms with Crippen LogP contribution in [0.15, 0.2) is 24.5 Å². The van der Waals surface area contributed by atoms with Gasteiger partial charge in [0.15, 0.2) is 5.78 Å². The van der Waals surface area contributed by atoms with Gasteiger partial charge in [-0.25, -0.2) is 0 Å². The molecule has 1 heterocycles. The molecule has 0 radical (unpaired) electrons. The van der Waals surface area contributed by atoms with Crippen molar-refractivity contribution in [2.75, 3.05) is 6.61 Å². The molecule has 3 N–H and O–H groups in total. The van der Waals surface area contributed by atoms with Crippen LogP contribution in [-0.2, 0) is 0 Å². The first-order chi connectivity index (χ1) is 7.15. The molecule has 0 aliphatic carbocycles. The zero-order valence-electron chi connectivity index (χ0n) is 8.08. The minimum atomic E-state index is -1.29. The average molecular weight is 211 g/mol. The van der Waals surface area contributed by atoms with E-state index in [2.05, 4.69) is 4.98 Å². The predicted octanol–water partition coefficient (Wildman–Crippen LogP) is -0.632. The van der Waals surface area contributed by atoms with Crippen LogP contribution >= 0.6 is 0 Å². The minimum Gasteiger partial charge on any atom is -0.394 e. The van der Waals surface area contributed by atoms with Gasteiger partial charge in [-0.15, -0.1) is 0 Å². The summed E-state index contributed by atoms with van der Waals surface area (Å²) in [7, 11) is 0. The quantitative estimate of drug-likeness (QED) is 0.564. The Labute approximate surface area is 87.0 Å². The Bertz CT molecular complexity index is 314. The highest BCUT2D eigenvalue weighted by atomic mass is 16.4. The summed E-state index contributed by atoms with van der Waals surface area (Å²) in [5.41, 5.74) is 0.377. The van der Waals surface area contributed by atoms with E-state index < -0.39 is 18.8 Å². The lowest BCUT2D eigenvalue weighted by atomic mass is 10.0. The fraction of sp³-hybridized carbons (Fsp3) is 0.400. The number of pyridine rings is 1. The summed E-state index contributed by atoms with van der Waals surface area (Å²) >= 11 is 0. The molecule has 5 nitrogen and oxygen atoms in total. The van der Waals surface area contributed by atoms with Crippen LogP contribution < -0.4 is 0 Å². The molecular weight excluding hydrogens is 198 g/mol. The van der Waals surface area contributed by atoms with Crippen LogP contribution in [0.25, 0.3) is 0 Å². The highest BCUT2D eigenvalue weighted by Crippen LogP contribution is 2.06. The first-order valence-corrected chi connectivity index (χ1v) is 4.55. The molecule has 0 saturated heterocycles. The molecule has 0 unspecified atom stereocenters. The van der Waals surface area contributed by atoms with E-state index in [9.17, 15) is 9.90 Å². The fourth-order valence-corrected chi connectivity index (χ4v) is 1.09. The van der Waals surface area contributed by atoms with E-state index in [1.165, 1.54) is 12.4 Å². The summed E-state index contributed by atoms with van der Waals surface area (Å²) < 4.78 is 0. The van der Waals surface area contributed by atoms with E-state index in [0.717, 1.165) is 0 Å². The third-order valence-corrected chi connectivity index (χ3v) is 2.01. The van der Waals surface area contributed by atoms with Crippen molar-refractivity contribution in [3.63, 3.8) is 0 Å². The first-order valence-electron chi connectivity index (χ1n) is 4.55. The maximum Gasteiger partial charge on any atom is 0.167 e. The fourth-order valence-electron chi connectivity index (χ4n) is 1.09. The lowest BCUT2D eigenvalue weighted by Crippen LogP contribution is -2.31. The molecule has 0 saturated carbocycles. The Hall–Kier alpha value is -1.30. The summed E-state index contributed by atoms with van der Waals surface area (Å²) in [6.07, 6.45) is 0.164. The molecule has 0 spiro atoms. The third-order valence-electron chi connectivity index (χ3n) is 2.01. The largest absolute Gasteiger partial charge is 0.394 e. The lowest BCUT2D eigenvalue weighted by molar-refractivity contribution is -0.0147. The van der Waals surface area contributed by atoms with Crippen LogP contribution in [-0.4, -0.2) is 44.9 Å². The Morgan fingerprint density at radius 3 is 2.67 bits per heavy atom. The van der Waals surface area contributed by atoms with Crippen LogP contribution in [0, 0.1) is 0 Å². The van der Waals surface area contributed by atoms with E-state index in [-0.39, 0.29) is 12.2 Å². The van der Waals surface area contributed by atoms with Crippen LogP contribution in [0.3, 0.4) is 0 Å². The standard InChI is InChI=1S/C10H13NO4/c12-6-10(15)9(14)4-8(13)7-2-1-3-11-5-7/h1-3,5,9-10,12,14-15H,4,6H2/t9-,10+/m0/s1. The Balaban J connectivity index is 2.57. The van der Waals surface area contributed by atoms with Gasteiger partial charge in [0.1, 0.15) is 6.10 Å². The van der Waals surface area contributed by atoms with Gasteiger partial charge in [0.05, 0.1) is 12.7 Å². The second kappa shape index (κ2) is 5.55. The maximum absolute atomic E-state index is 11.5. The smallest absolute Gasteiger partial charge is 0.167 e. The number of Topliss-reactive ketones (excluding diaryl/α,β-unsaturated/α-hetero) is 1. The van der Waals surface area contributed by atoms with Gasteiger partial charge in [0, 0.05) is 24.4 Å². The number of hydrogen-bond donors (Lipinski definition) is 3. The normalized spacial score (nSPS) is 14.6. The maximum atomic E-state index is 11.5. The zero-order chi connectivity index (χ0) is 11.3. The molecular formula is C10H13NO4. The van der Waals surface area contributed by atoms with Crippen molar-refractivity contribution in [3.8, 4) is 0 Å². The van der Waals surface area contributed by atoms with E-state index >= 15 is 0 Å². The Morgan fingerprint density at radius 2 is 2.13 bits per heavy atom. The highest BCUT2D eigenvalue weighted by molar-refractivity contribution is 5.96. The van der Waals surface area contributed by atoms with Crippen molar-refractivity contribution < 1.29 is 20.1 Å². The molecule has 15 heavy (non-hydrogen) atoms. The zero-order valence-corrected chi connectivity index (χ0v) is 8.08. The molecule has 1 aromatic rings. The highest BCUT2D eigenvalue weighted by Gasteiger charge is 2.19. The van der Waals surface area contributed by atoms with E-state index in [4.69, 9.17) is 10.2 Å². The molecule has 2 atom stereocenters. The summed E-state index contributed by atoms with van der Waals surface area (Å²) in [6.45, 7) is -0.568. The van der Waals surface area contributed by atoms with E-state index in [1.54, 1.807) is 12.1 Å². The Kier molecular flexibility index (Phi) is 4.36. The molecule has 82 valence electrons. The van der Waals surface area contributed by atoms with E-state index in [1.807, 2.05) is 0 Å².